The number of anilines is 1. The molecule has 2 rings (SSSR count). The van der Waals surface area contributed by atoms with E-state index >= 15 is 0 Å². The number of nitrogens with zero attached hydrogens (tertiary/aromatic N) is 2. The lowest BCUT2D eigenvalue weighted by atomic mass is 10.2. The molecule has 4 nitrogen and oxygen atoms in total. The van der Waals surface area contributed by atoms with Crippen LogP contribution in [-0.2, 0) is 4.74 Å². The molecule has 0 amide bonds. The van der Waals surface area contributed by atoms with Crippen molar-refractivity contribution in [2.24, 2.45) is 0 Å². The Labute approximate surface area is 117 Å². The van der Waals surface area contributed by atoms with Gasteiger partial charge in [-0.1, -0.05) is 0 Å². The molecule has 1 aromatic rings. The highest BCUT2D eigenvalue weighted by atomic mass is 19.1. The van der Waals surface area contributed by atoms with Crippen LogP contribution in [0.4, 0.5) is 14.5 Å². The highest BCUT2D eigenvalue weighted by Gasteiger charge is 2.21. The van der Waals surface area contributed by atoms with E-state index in [-0.39, 0.29) is 0 Å². The smallest absolute Gasteiger partial charge is 0.149 e. The first-order chi connectivity index (χ1) is 9.60. The quantitative estimate of drug-likeness (QED) is 0.879. The van der Waals surface area contributed by atoms with Crippen molar-refractivity contribution in [1.82, 2.24) is 4.90 Å². The number of benzene rings is 1. The topological polar surface area (TPSA) is 35.9 Å². The van der Waals surface area contributed by atoms with Crippen LogP contribution in [0.2, 0.25) is 0 Å². The summed E-state index contributed by atoms with van der Waals surface area (Å²) < 4.78 is 31.5. The fourth-order valence-corrected chi connectivity index (χ4v) is 2.45. The normalized spacial score (nSPS) is 18.3. The number of β-amino-alcohol motifs (C(OH)–C–C–N with tert-alkyl or cyclic N) is 1. The first kappa shape index (κ1) is 15.2. The number of methoxy groups -OCH3 is 1. The third-order valence-electron chi connectivity index (χ3n) is 3.45. The molecule has 0 bridgehead atoms. The first-order valence-electron chi connectivity index (χ1n) is 6.69. The van der Waals surface area contributed by atoms with Crippen molar-refractivity contribution >= 4 is 5.69 Å². The lowest BCUT2D eigenvalue weighted by molar-refractivity contribution is 0.0365. The van der Waals surface area contributed by atoms with Crippen LogP contribution >= 0.6 is 0 Å². The summed E-state index contributed by atoms with van der Waals surface area (Å²) >= 11 is 0. The van der Waals surface area contributed by atoms with Gasteiger partial charge >= 0.3 is 0 Å². The lowest BCUT2D eigenvalue weighted by Gasteiger charge is -2.36. The van der Waals surface area contributed by atoms with Crippen molar-refractivity contribution in [3.05, 3.63) is 29.8 Å². The van der Waals surface area contributed by atoms with Gasteiger partial charge in [-0.3, -0.25) is 4.90 Å². The number of hydrogen-bond donors (Lipinski definition) is 1. The van der Waals surface area contributed by atoms with E-state index < -0.39 is 17.7 Å². The summed E-state index contributed by atoms with van der Waals surface area (Å²) in [6.07, 6.45) is -0.505. The Kier molecular flexibility index (Phi) is 5.28. The van der Waals surface area contributed by atoms with E-state index in [1.54, 1.807) is 7.11 Å². The Morgan fingerprint density at radius 2 is 1.95 bits per heavy atom. The average molecular weight is 286 g/mol. The molecule has 0 aromatic heterocycles. The first-order valence-corrected chi connectivity index (χ1v) is 6.69. The summed E-state index contributed by atoms with van der Waals surface area (Å²) in [7, 11) is 1.55. The summed E-state index contributed by atoms with van der Waals surface area (Å²) in [4.78, 5) is 4.01. The van der Waals surface area contributed by atoms with E-state index in [1.807, 2.05) is 4.90 Å². The van der Waals surface area contributed by atoms with Gasteiger partial charge in [0.2, 0.25) is 0 Å². The SMILES string of the molecule is COCC(O)CN1CCN(c2ccc(F)cc2F)CC1. The van der Waals surface area contributed by atoms with Gasteiger partial charge in [-0.05, 0) is 12.1 Å². The largest absolute Gasteiger partial charge is 0.389 e. The Balaban J connectivity index is 1.87. The molecule has 1 saturated heterocycles. The maximum atomic E-state index is 13.7. The second kappa shape index (κ2) is 6.97. The molecule has 112 valence electrons. The molecule has 0 spiro atoms. The minimum Gasteiger partial charge on any atom is -0.389 e. The van der Waals surface area contributed by atoms with Crippen LogP contribution in [0.3, 0.4) is 0 Å². The van der Waals surface area contributed by atoms with Crippen LogP contribution < -0.4 is 4.90 Å². The standard InChI is InChI=1S/C14H20F2N2O2/c1-20-10-12(19)9-17-4-6-18(7-5-17)14-3-2-11(15)8-13(14)16/h2-3,8,12,19H,4-7,9-10H2,1H3. The van der Waals surface area contributed by atoms with Crippen molar-refractivity contribution < 1.29 is 18.6 Å². The molecular formula is C14H20F2N2O2. The summed E-state index contributed by atoms with van der Waals surface area (Å²) in [6.45, 7) is 3.64. The van der Waals surface area contributed by atoms with Gasteiger partial charge in [0.25, 0.3) is 0 Å². The Bertz CT molecular complexity index is 437. The molecule has 1 unspecified atom stereocenters. The second-order valence-electron chi connectivity index (χ2n) is 4.99. The number of rotatable bonds is 5. The molecule has 1 N–H and O–H groups in total. The molecule has 1 heterocycles. The van der Waals surface area contributed by atoms with Crippen molar-refractivity contribution in [3.8, 4) is 0 Å². The Hall–Kier alpha value is -1.24. The molecule has 0 aliphatic carbocycles. The molecule has 1 atom stereocenters. The molecule has 1 aliphatic heterocycles. The van der Waals surface area contributed by atoms with Gasteiger partial charge in [0.15, 0.2) is 0 Å². The fourth-order valence-electron chi connectivity index (χ4n) is 2.45. The minimum atomic E-state index is -0.562. The van der Waals surface area contributed by atoms with Crippen molar-refractivity contribution in [2.75, 3.05) is 51.3 Å². The highest BCUT2D eigenvalue weighted by Crippen LogP contribution is 2.21. The molecule has 1 aliphatic rings. The van der Waals surface area contributed by atoms with Crippen LogP contribution in [0.25, 0.3) is 0 Å². The zero-order valence-electron chi connectivity index (χ0n) is 11.6. The number of halogens is 2. The predicted octanol–water partition coefficient (Wildman–Crippen LogP) is 1.09. The summed E-state index contributed by atoms with van der Waals surface area (Å²) in [5.41, 5.74) is 0.434. The predicted molar refractivity (Wildman–Crippen MR) is 72.9 cm³/mol. The third-order valence-corrected chi connectivity index (χ3v) is 3.45. The van der Waals surface area contributed by atoms with Crippen LogP contribution in [0.1, 0.15) is 0 Å². The average Bonchev–Trinajstić information content (AvgIpc) is 2.40. The van der Waals surface area contributed by atoms with Gasteiger partial charge in [-0.25, -0.2) is 8.78 Å². The van der Waals surface area contributed by atoms with Gasteiger partial charge in [-0.15, -0.1) is 0 Å². The number of ether oxygens (including phenoxy) is 1. The fraction of sp³-hybridized carbons (Fsp3) is 0.571. The van der Waals surface area contributed by atoms with Crippen LogP contribution in [0.15, 0.2) is 18.2 Å². The summed E-state index contributed by atoms with van der Waals surface area (Å²) in [5.74, 6) is -1.09. The van der Waals surface area contributed by atoms with Gasteiger partial charge in [0.05, 0.1) is 18.4 Å². The van der Waals surface area contributed by atoms with Crippen LogP contribution in [0, 0.1) is 11.6 Å². The summed E-state index contributed by atoms with van der Waals surface area (Å²) in [6, 6.07) is 3.65. The van der Waals surface area contributed by atoms with E-state index in [0.717, 1.165) is 19.2 Å². The molecule has 0 radical (unpaired) electrons. The second-order valence-corrected chi connectivity index (χ2v) is 4.99. The van der Waals surface area contributed by atoms with Gasteiger partial charge in [0.1, 0.15) is 11.6 Å². The van der Waals surface area contributed by atoms with Gasteiger partial charge < -0.3 is 14.7 Å². The minimum absolute atomic E-state index is 0.312. The van der Waals surface area contributed by atoms with E-state index in [1.165, 1.54) is 12.1 Å². The molecule has 1 fully saturated rings. The van der Waals surface area contributed by atoms with Crippen molar-refractivity contribution in [2.45, 2.75) is 6.10 Å². The van der Waals surface area contributed by atoms with Gasteiger partial charge in [-0.2, -0.15) is 0 Å². The zero-order valence-corrected chi connectivity index (χ0v) is 11.6. The maximum absolute atomic E-state index is 13.7. The third kappa shape index (κ3) is 3.88. The van der Waals surface area contributed by atoms with Crippen LogP contribution in [-0.4, -0.2) is 62.6 Å². The summed E-state index contributed by atoms with van der Waals surface area (Å²) in [5, 5.41) is 9.68. The Morgan fingerprint density at radius 3 is 2.55 bits per heavy atom. The van der Waals surface area contributed by atoms with E-state index in [4.69, 9.17) is 4.74 Å². The lowest BCUT2D eigenvalue weighted by Crippen LogP contribution is -2.49. The number of piperazine rings is 1. The molecule has 6 heteroatoms. The number of aliphatic hydroxyl groups excluding tert-OH is 1. The maximum Gasteiger partial charge on any atom is 0.149 e. The number of aliphatic hydroxyl groups is 1. The highest BCUT2D eigenvalue weighted by molar-refractivity contribution is 5.48. The van der Waals surface area contributed by atoms with E-state index in [9.17, 15) is 13.9 Å². The van der Waals surface area contributed by atoms with Crippen LogP contribution in [0.5, 0.6) is 0 Å². The van der Waals surface area contributed by atoms with Crippen molar-refractivity contribution in [1.29, 1.82) is 0 Å². The van der Waals surface area contributed by atoms with Gasteiger partial charge in [0, 0.05) is 45.9 Å². The molecule has 1 aromatic carbocycles. The Morgan fingerprint density at radius 1 is 1.25 bits per heavy atom. The zero-order chi connectivity index (χ0) is 14.5. The van der Waals surface area contributed by atoms with E-state index in [0.29, 0.717) is 31.9 Å². The monoisotopic (exact) mass is 286 g/mol. The molecular weight excluding hydrogens is 266 g/mol. The van der Waals surface area contributed by atoms with E-state index in [2.05, 4.69) is 4.90 Å². The molecule has 20 heavy (non-hydrogen) atoms. The molecule has 0 saturated carbocycles. The van der Waals surface area contributed by atoms with Crippen molar-refractivity contribution in [3.63, 3.8) is 0 Å². The number of hydrogen-bond acceptors (Lipinski definition) is 4.